The molecule has 148 valence electrons. The number of rotatable bonds is 6. The van der Waals surface area contributed by atoms with E-state index in [0.29, 0.717) is 18.0 Å². The molecule has 0 fully saturated rings. The van der Waals surface area contributed by atoms with Crippen molar-refractivity contribution in [1.29, 1.82) is 0 Å². The maximum atomic E-state index is 13.1. The van der Waals surface area contributed by atoms with Crippen LogP contribution in [0.4, 0.5) is 0 Å². The summed E-state index contributed by atoms with van der Waals surface area (Å²) in [7, 11) is 3.58. The Balaban J connectivity index is 1.98. The van der Waals surface area contributed by atoms with Gasteiger partial charge in [0.05, 0.1) is 25.4 Å². The molecule has 0 spiro atoms. The standard InChI is InChI=1S/C22H26ClN3O2/c1-15(2)25(3)14-22(27)26-20(16-9-5-7-11-18(16)23)13-19(24-26)17-10-6-8-12-21(17)28-4/h5-12,15,20H,13-14H2,1-4H3. The van der Waals surface area contributed by atoms with Crippen LogP contribution in [0.3, 0.4) is 0 Å². The highest BCUT2D eigenvalue weighted by atomic mass is 35.5. The molecule has 0 aromatic heterocycles. The highest BCUT2D eigenvalue weighted by Crippen LogP contribution is 2.37. The molecule has 1 aliphatic rings. The quantitative estimate of drug-likeness (QED) is 0.724. The second-order valence-electron chi connectivity index (χ2n) is 7.24. The molecule has 0 radical (unpaired) electrons. The van der Waals surface area contributed by atoms with Crippen LogP contribution in [-0.4, -0.2) is 48.3 Å². The summed E-state index contributed by atoms with van der Waals surface area (Å²) in [5.74, 6) is 0.693. The van der Waals surface area contributed by atoms with Crippen molar-refractivity contribution in [3.63, 3.8) is 0 Å². The van der Waals surface area contributed by atoms with Crippen LogP contribution in [0, 0.1) is 0 Å². The van der Waals surface area contributed by atoms with Crippen molar-refractivity contribution in [2.45, 2.75) is 32.4 Å². The first kappa shape index (κ1) is 20.4. The van der Waals surface area contributed by atoms with E-state index in [-0.39, 0.29) is 18.0 Å². The molecule has 1 aliphatic heterocycles. The van der Waals surface area contributed by atoms with Crippen LogP contribution >= 0.6 is 11.6 Å². The van der Waals surface area contributed by atoms with Gasteiger partial charge in [0.25, 0.3) is 5.91 Å². The number of benzene rings is 2. The van der Waals surface area contributed by atoms with Gasteiger partial charge in [-0.05, 0) is 44.7 Å². The van der Waals surface area contributed by atoms with Gasteiger partial charge in [0.1, 0.15) is 5.75 Å². The first-order chi connectivity index (χ1) is 13.4. The number of hydrogen-bond acceptors (Lipinski definition) is 4. The van der Waals surface area contributed by atoms with Crippen LogP contribution in [-0.2, 0) is 4.79 Å². The third kappa shape index (κ3) is 4.21. The first-order valence-corrected chi connectivity index (χ1v) is 9.77. The van der Waals surface area contributed by atoms with E-state index in [1.165, 1.54) is 0 Å². The number of nitrogens with zero attached hydrogens (tertiary/aromatic N) is 3. The van der Waals surface area contributed by atoms with Gasteiger partial charge in [-0.3, -0.25) is 9.69 Å². The van der Waals surface area contributed by atoms with Gasteiger partial charge >= 0.3 is 0 Å². The summed E-state index contributed by atoms with van der Waals surface area (Å²) >= 11 is 6.46. The Morgan fingerprint density at radius 1 is 1.25 bits per heavy atom. The number of para-hydroxylation sites is 1. The summed E-state index contributed by atoms with van der Waals surface area (Å²) in [6.45, 7) is 4.42. The fourth-order valence-electron chi connectivity index (χ4n) is 3.24. The average Bonchev–Trinajstić information content (AvgIpc) is 3.13. The Bertz CT molecular complexity index is 882. The van der Waals surface area contributed by atoms with Gasteiger partial charge < -0.3 is 4.74 Å². The summed E-state index contributed by atoms with van der Waals surface area (Å²) < 4.78 is 5.50. The lowest BCUT2D eigenvalue weighted by Gasteiger charge is -2.26. The molecule has 1 amide bonds. The fraction of sp³-hybridized carbons (Fsp3) is 0.364. The molecule has 2 aromatic rings. The molecule has 6 heteroatoms. The molecular weight excluding hydrogens is 374 g/mol. The number of amides is 1. The number of carbonyl (C=O) groups excluding carboxylic acids is 1. The number of halogens is 1. The maximum absolute atomic E-state index is 13.1. The minimum atomic E-state index is -0.235. The van der Waals surface area contributed by atoms with Crippen molar-refractivity contribution in [3.05, 3.63) is 64.7 Å². The Morgan fingerprint density at radius 2 is 1.93 bits per heavy atom. The van der Waals surface area contributed by atoms with Gasteiger partial charge in [0.2, 0.25) is 0 Å². The van der Waals surface area contributed by atoms with Gasteiger partial charge in [-0.1, -0.05) is 41.9 Å². The molecule has 5 nitrogen and oxygen atoms in total. The number of ether oxygens (including phenoxy) is 1. The van der Waals surface area contributed by atoms with Crippen molar-refractivity contribution in [2.75, 3.05) is 20.7 Å². The number of hydrogen-bond donors (Lipinski definition) is 0. The van der Waals surface area contributed by atoms with Crippen LogP contribution in [0.1, 0.15) is 37.4 Å². The van der Waals surface area contributed by atoms with Crippen LogP contribution in [0.25, 0.3) is 0 Å². The summed E-state index contributed by atoms with van der Waals surface area (Å²) in [4.78, 5) is 15.1. The van der Waals surface area contributed by atoms with E-state index in [1.807, 2.05) is 60.5 Å². The molecule has 0 bridgehead atoms. The zero-order chi connectivity index (χ0) is 20.3. The molecule has 0 saturated heterocycles. The van der Waals surface area contributed by atoms with E-state index < -0.39 is 0 Å². The second kappa shape index (κ2) is 8.76. The number of hydrazone groups is 1. The maximum Gasteiger partial charge on any atom is 0.257 e. The minimum Gasteiger partial charge on any atom is -0.496 e. The topological polar surface area (TPSA) is 45.1 Å². The van der Waals surface area contributed by atoms with E-state index in [4.69, 9.17) is 21.4 Å². The first-order valence-electron chi connectivity index (χ1n) is 9.40. The Hall–Kier alpha value is -2.37. The Labute approximate surface area is 171 Å². The SMILES string of the molecule is COc1ccccc1C1=NN(C(=O)CN(C)C(C)C)C(c2ccccc2Cl)C1. The Morgan fingerprint density at radius 3 is 2.61 bits per heavy atom. The molecule has 0 aliphatic carbocycles. The van der Waals surface area contributed by atoms with Gasteiger partial charge in [-0.25, -0.2) is 5.01 Å². The third-order valence-corrected chi connectivity index (χ3v) is 5.46. The summed E-state index contributed by atoms with van der Waals surface area (Å²) in [5, 5.41) is 6.94. The van der Waals surface area contributed by atoms with Crippen LogP contribution < -0.4 is 4.74 Å². The molecule has 2 aromatic carbocycles. The van der Waals surface area contributed by atoms with Gasteiger partial charge in [-0.2, -0.15) is 5.10 Å². The van der Waals surface area contributed by atoms with Crippen molar-refractivity contribution in [1.82, 2.24) is 9.91 Å². The molecule has 0 saturated carbocycles. The average molecular weight is 400 g/mol. The largest absolute Gasteiger partial charge is 0.496 e. The van der Waals surface area contributed by atoms with E-state index in [2.05, 4.69) is 13.8 Å². The zero-order valence-corrected chi connectivity index (χ0v) is 17.5. The normalized spacial score (nSPS) is 16.6. The van der Waals surface area contributed by atoms with E-state index in [9.17, 15) is 4.79 Å². The van der Waals surface area contributed by atoms with E-state index in [0.717, 1.165) is 22.6 Å². The lowest BCUT2D eigenvalue weighted by Crippen LogP contribution is -2.39. The third-order valence-electron chi connectivity index (χ3n) is 5.11. The van der Waals surface area contributed by atoms with Gasteiger partial charge in [-0.15, -0.1) is 0 Å². The van der Waals surface area contributed by atoms with Crippen LogP contribution in [0.5, 0.6) is 5.75 Å². The minimum absolute atomic E-state index is 0.0500. The van der Waals surface area contributed by atoms with Gasteiger partial charge in [0, 0.05) is 23.0 Å². The summed E-state index contributed by atoms with van der Waals surface area (Å²) in [6, 6.07) is 15.4. The predicted molar refractivity (Wildman–Crippen MR) is 113 cm³/mol. The summed E-state index contributed by atoms with van der Waals surface area (Å²) in [6.07, 6.45) is 0.585. The van der Waals surface area contributed by atoms with Crippen molar-refractivity contribution < 1.29 is 9.53 Å². The van der Waals surface area contributed by atoms with Crippen molar-refractivity contribution >= 4 is 23.2 Å². The molecule has 28 heavy (non-hydrogen) atoms. The van der Waals surface area contributed by atoms with Crippen molar-refractivity contribution in [3.8, 4) is 5.75 Å². The van der Waals surface area contributed by atoms with E-state index >= 15 is 0 Å². The highest BCUT2D eigenvalue weighted by molar-refractivity contribution is 6.31. The van der Waals surface area contributed by atoms with Crippen molar-refractivity contribution in [2.24, 2.45) is 5.10 Å². The number of carbonyl (C=O) groups is 1. The molecule has 1 unspecified atom stereocenters. The summed E-state index contributed by atoms with van der Waals surface area (Å²) in [5.41, 5.74) is 2.62. The Kier molecular flexibility index (Phi) is 6.37. The molecule has 1 atom stereocenters. The number of methoxy groups -OCH3 is 1. The molecule has 1 heterocycles. The highest BCUT2D eigenvalue weighted by Gasteiger charge is 2.35. The van der Waals surface area contributed by atoms with Crippen LogP contribution in [0.2, 0.25) is 5.02 Å². The van der Waals surface area contributed by atoms with Gasteiger partial charge in [0.15, 0.2) is 0 Å². The molecular formula is C22H26ClN3O2. The lowest BCUT2D eigenvalue weighted by molar-refractivity contribution is -0.134. The van der Waals surface area contributed by atoms with E-state index in [1.54, 1.807) is 12.1 Å². The van der Waals surface area contributed by atoms with Crippen LogP contribution in [0.15, 0.2) is 53.6 Å². The fourth-order valence-corrected chi connectivity index (χ4v) is 3.50. The zero-order valence-electron chi connectivity index (χ0n) is 16.7. The monoisotopic (exact) mass is 399 g/mol. The lowest BCUT2D eigenvalue weighted by atomic mass is 9.98. The predicted octanol–water partition coefficient (Wildman–Crippen LogP) is 4.37. The number of likely N-dealkylation sites (N-methyl/N-ethyl adjacent to an activating group) is 1. The smallest absolute Gasteiger partial charge is 0.257 e. The second-order valence-corrected chi connectivity index (χ2v) is 7.64. The molecule has 0 N–H and O–H groups in total. The molecule has 3 rings (SSSR count).